The molecule has 11 heteroatoms. The van der Waals surface area contributed by atoms with Gasteiger partial charge in [0.25, 0.3) is 5.56 Å². The van der Waals surface area contributed by atoms with E-state index in [9.17, 15) is 27.1 Å². The highest BCUT2D eigenvalue weighted by molar-refractivity contribution is 7.91. The van der Waals surface area contributed by atoms with E-state index in [2.05, 4.69) is 9.97 Å². The molecular formula is C30H28F2N4O4S. The van der Waals surface area contributed by atoms with Crippen LogP contribution in [0, 0.1) is 30.0 Å². The largest absolute Gasteiger partial charge is 0.492 e. The Balaban J connectivity index is 1.87. The summed E-state index contributed by atoms with van der Waals surface area (Å²) in [5, 5.41) is 19.9. The normalized spacial score (nSPS) is 12.2. The van der Waals surface area contributed by atoms with Crippen LogP contribution < -0.4 is 5.56 Å². The highest BCUT2D eigenvalue weighted by Crippen LogP contribution is 2.31. The van der Waals surface area contributed by atoms with E-state index in [0.717, 1.165) is 12.5 Å². The Kier molecular flexibility index (Phi) is 8.63. The molecule has 0 saturated heterocycles. The van der Waals surface area contributed by atoms with Gasteiger partial charge in [-0.15, -0.1) is 0 Å². The van der Waals surface area contributed by atoms with Crippen LogP contribution in [0.15, 0.2) is 69.2 Å². The number of hydrogen-bond acceptors (Lipinski definition) is 7. The van der Waals surface area contributed by atoms with Crippen molar-refractivity contribution in [3.05, 3.63) is 99.4 Å². The lowest BCUT2D eigenvalue weighted by atomic mass is 10.0. The summed E-state index contributed by atoms with van der Waals surface area (Å²) in [7, 11) is -4.56. The summed E-state index contributed by atoms with van der Waals surface area (Å²) in [4.78, 5) is 20.7. The van der Waals surface area contributed by atoms with Crippen molar-refractivity contribution in [2.45, 2.75) is 62.3 Å². The molecule has 0 aliphatic heterocycles. The van der Waals surface area contributed by atoms with Crippen LogP contribution in [0.4, 0.5) is 8.78 Å². The summed E-state index contributed by atoms with van der Waals surface area (Å²) in [6, 6.07) is 13.2. The first kappa shape index (κ1) is 29.6. The molecule has 0 spiro atoms. The van der Waals surface area contributed by atoms with E-state index in [-0.39, 0.29) is 29.1 Å². The number of hydrogen-bond donors (Lipinski definition) is 1. The second-order valence-electron chi connectivity index (χ2n) is 9.53. The fraction of sp³-hybridized carbons (Fsp3) is 0.267. The molecule has 1 N–H and O–H groups in total. The quantitative estimate of drug-likeness (QED) is 0.255. The Bertz CT molecular complexity index is 1810. The third-order valence-corrected chi connectivity index (χ3v) is 8.66. The zero-order valence-electron chi connectivity index (χ0n) is 22.7. The lowest BCUT2D eigenvalue weighted by Gasteiger charge is -2.23. The van der Waals surface area contributed by atoms with Crippen LogP contribution in [0.1, 0.15) is 61.8 Å². The number of unbranched alkanes of at least 4 members (excludes halogenated alkanes) is 1. The third kappa shape index (κ3) is 5.74. The maximum absolute atomic E-state index is 14.5. The Morgan fingerprint density at radius 2 is 1.76 bits per heavy atom. The SMILES string of the molecule is CCCCc1nc(O)c(S(=O)(=O)c2ccc(-c3ccc(F)nc3C)cc2)c(=O)n1C(CC)c1ccc(C#N)c(F)c1. The number of halogens is 2. The first-order valence-corrected chi connectivity index (χ1v) is 14.5. The van der Waals surface area contributed by atoms with E-state index >= 15 is 0 Å². The third-order valence-electron chi connectivity index (χ3n) is 6.88. The average molecular weight is 579 g/mol. The molecule has 8 nitrogen and oxygen atoms in total. The minimum Gasteiger partial charge on any atom is -0.492 e. The molecule has 0 fully saturated rings. The smallest absolute Gasteiger partial charge is 0.277 e. The van der Waals surface area contributed by atoms with Crippen LogP contribution in [-0.4, -0.2) is 28.1 Å². The van der Waals surface area contributed by atoms with Crippen LogP contribution in [0.3, 0.4) is 0 Å². The molecule has 41 heavy (non-hydrogen) atoms. The van der Waals surface area contributed by atoms with Gasteiger partial charge in [-0.1, -0.05) is 38.5 Å². The zero-order valence-corrected chi connectivity index (χ0v) is 23.5. The van der Waals surface area contributed by atoms with Gasteiger partial charge < -0.3 is 5.11 Å². The topological polar surface area (TPSA) is 126 Å². The van der Waals surface area contributed by atoms with Gasteiger partial charge in [0.15, 0.2) is 4.90 Å². The summed E-state index contributed by atoms with van der Waals surface area (Å²) in [5.74, 6) is -2.15. The number of sulfone groups is 1. The molecule has 1 atom stereocenters. The molecular weight excluding hydrogens is 550 g/mol. The number of aromatic nitrogens is 3. The van der Waals surface area contributed by atoms with E-state index < -0.39 is 44.0 Å². The predicted molar refractivity (Wildman–Crippen MR) is 148 cm³/mol. The van der Waals surface area contributed by atoms with Crippen molar-refractivity contribution >= 4 is 9.84 Å². The molecule has 4 aromatic rings. The van der Waals surface area contributed by atoms with Crippen molar-refractivity contribution in [1.29, 1.82) is 5.26 Å². The van der Waals surface area contributed by atoms with E-state index in [4.69, 9.17) is 5.26 Å². The summed E-state index contributed by atoms with van der Waals surface area (Å²) < 4.78 is 56.6. The summed E-state index contributed by atoms with van der Waals surface area (Å²) in [5.41, 5.74) is 0.804. The molecule has 0 amide bonds. The molecule has 2 aromatic heterocycles. The molecule has 1 unspecified atom stereocenters. The van der Waals surface area contributed by atoms with E-state index in [1.165, 1.54) is 53.1 Å². The monoisotopic (exact) mass is 578 g/mol. The second-order valence-corrected chi connectivity index (χ2v) is 11.4. The first-order chi connectivity index (χ1) is 19.5. The molecule has 2 aromatic carbocycles. The van der Waals surface area contributed by atoms with E-state index in [0.29, 0.717) is 28.8 Å². The molecule has 0 radical (unpaired) electrons. The fourth-order valence-corrected chi connectivity index (χ4v) is 6.12. The van der Waals surface area contributed by atoms with Gasteiger partial charge >= 0.3 is 0 Å². The number of aromatic hydroxyl groups is 1. The van der Waals surface area contributed by atoms with Crippen LogP contribution in [0.5, 0.6) is 5.88 Å². The van der Waals surface area contributed by atoms with Crippen molar-refractivity contribution in [2.24, 2.45) is 0 Å². The lowest BCUT2D eigenvalue weighted by Crippen LogP contribution is -2.33. The van der Waals surface area contributed by atoms with Crippen LogP contribution >= 0.6 is 0 Å². The van der Waals surface area contributed by atoms with Crippen molar-refractivity contribution in [1.82, 2.24) is 14.5 Å². The molecule has 0 saturated carbocycles. The molecule has 0 bridgehead atoms. The van der Waals surface area contributed by atoms with Gasteiger partial charge in [-0.3, -0.25) is 9.36 Å². The van der Waals surface area contributed by atoms with Crippen molar-refractivity contribution < 1.29 is 22.3 Å². The second kappa shape index (κ2) is 12.0. The maximum Gasteiger partial charge on any atom is 0.277 e. The van der Waals surface area contributed by atoms with Gasteiger partial charge in [0.05, 0.1) is 16.5 Å². The van der Waals surface area contributed by atoms with Gasteiger partial charge in [0, 0.05) is 17.7 Å². The molecule has 2 heterocycles. The number of nitrogens with zero attached hydrogens (tertiary/aromatic N) is 4. The Morgan fingerprint density at radius 1 is 1.05 bits per heavy atom. The Hall–Kier alpha value is -4.43. The highest BCUT2D eigenvalue weighted by Gasteiger charge is 2.31. The zero-order chi connectivity index (χ0) is 29.9. The molecule has 0 aliphatic carbocycles. The standard InChI is InChI=1S/C30H28F2N4O4S/c1-4-6-7-27-35-29(37)28(30(38)36(27)25(5-2)20-8-9-21(17-33)24(31)16-20)41(39,40)22-12-10-19(11-13-22)23-14-15-26(32)34-18(23)3/h8-16,25,37H,4-7H2,1-3H3. The minimum absolute atomic E-state index is 0.163. The Labute approximate surface area is 236 Å². The summed E-state index contributed by atoms with van der Waals surface area (Å²) in [6.45, 7) is 5.31. The average Bonchev–Trinajstić information content (AvgIpc) is 2.93. The number of nitriles is 1. The van der Waals surface area contributed by atoms with Crippen molar-refractivity contribution in [2.75, 3.05) is 0 Å². The van der Waals surface area contributed by atoms with E-state index in [1.54, 1.807) is 19.9 Å². The fourth-order valence-electron chi connectivity index (χ4n) is 4.78. The molecule has 4 rings (SSSR count). The molecule has 212 valence electrons. The number of pyridine rings is 1. The Morgan fingerprint density at radius 3 is 2.34 bits per heavy atom. The minimum atomic E-state index is -4.56. The maximum atomic E-state index is 14.5. The summed E-state index contributed by atoms with van der Waals surface area (Å²) in [6.07, 6.45) is 1.90. The van der Waals surface area contributed by atoms with Gasteiger partial charge in [-0.25, -0.2) is 17.8 Å². The van der Waals surface area contributed by atoms with E-state index in [1.807, 2.05) is 6.92 Å². The summed E-state index contributed by atoms with van der Waals surface area (Å²) >= 11 is 0. The lowest BCUT2D eigenvalue weighted by molar-refractivity contribution is 0.406. The molecule has 0 aliphatic rings. The number of aryl methyl sites for hydroxylation is 2. The van der Waals surface area contributed by atoms with Gasteiger partial charge in [0.2, 0.25) is 21.7 Å². The van der Waals surface area contributed by atoms with Gasteiger partial charge in [-0.05, 0) is 67.3 Å². The van der Waals surface area contributed by atoms with Crippen molar-refractivity contribution in [3.8, 4) is 23.1 Å². The highest BCUT2D eigenvalue weighted by atomic mass is 32.2. The number of rotatable bonds is 9. The van der Waals surface area contributed by atoms with Gasteiger partial charge in [-0.2, -0.15) is 14.6 Å². The van der Waals surface area contributed by atoms with Crippen LogP contribution in [0.25, 0.3) is 11.1 Å². The first-order valence-electron chi connectivity index (χ1n) is 13.1. The van der Waals surface area contributed by atoms with Gasteiger partial charge in [0.1, 0.15) is 17.7 Å². The number of benzene rings is 2. The van der Waals surface area contributed by atoms with Crippen LogP contribution in [0.2, 0.25) is 0 Å². The predicted octanol–water partition coefficient (Wildman–Crippen LogP) is 5.64. The van der Waals surface area contributed by atoms with Crippen molar-refractivity contribution in [3.63, 3.8) is 0 Å². The van der Waals surface area contributed by atoms with Crippen LogP contribution in [-0.2, 0) is 16.3 Å².